The van der Waals surface area contributed by atoms with Crippen LogP contribution in [0.5, 0.6) is 5.75 Å². The average Bonchev–Trinajstić information content (AvgIpc) is 2.41. The van der Waals surface area contributed by atoms with E-state index in [1.54, 1.807) is 0 Å². The SMILES string of the molecule is C#CCNC(=O)COc1ccc(S(=O)(=O)Cl)cc1C(C)C. The van der Waals surface area contributed by atoms with Crippen molar-refractivity contribution in [2.45, 2.75) is 24.7 Å². The van der Waals surface area contributed by atoms with Crippen molar-refractivity contribution in [3.63, 3.8) is 0 Å². The van der Waals surface area contributed by atoms with E-state index in [1.165, 1.54) is 18.2 Å². The fourth-order valence-electron chi connectivity index (χ4n) is 1.60. The molecule has 0 aliphatic rings. The molecule has 5 nitrogen and oxygen atoms in total. The van der Waals surface area contributed by atoms with E-state index in [1.807, 2.05) is 13.8 Å². The molecule has 0 aromatic heterocycles. The number of halogens is 1. The van der Waals surface area contributed by atoms with Gasteiger partial charge in [-0.2, -0.15) is 0 Å². The quantitative estimate of drug-likeness (QED) is 0.638. The maximum Gasteiger partial charge on any atom is 0.261 e. The van der Waals surface area contributed by atoms with Crippen molar-refractivity contribution in [1.82, 2.24) is 5.32 Å². The molecule has 1 aromatic carbocycles. The molecule has 1 aromatic rings. The normalized spacial score (nSPS) is 11.0. The maximum absolute atomic E-state index is 11.4. The van der Waals surface area contributed by atoms with Crippen LogP contribution in [0.1, 0.15) is 25.3 Å². The molecular weight excluding hydrogens is 314 g/mol. The lowest BCUT2D eigenvalue weighted by Gasteiger charge is -2.14. The monoisotopic (exact) mass is 329 g/mol. The molecule has 0 radical (unpaired) electrons. The first-order valence-corrected chi connectivity index (χ1v) is 8.48. The lowest BCUT2D eigenvalue weighted by atomic mass is 10.0. The summed E-state index contributed by atoms with van der Waals surface area (Å²) < 4.78 is 28.1. The third kappa shape index (κ3) is 5.29. The van der Waals surface area contributed by atoms with E-state index in [0.717, 1.165) is 0 Å². The minimum atomic E-state index is -3.80. The van der Waals surface area contributed by atoms with Gasteiger partial charge in [0.15, 0.2) is 6.61 Å². The lowest BCUT2D eigenvalue weighted by Crippen LogP contribution is -2.29. The smallest absolute Gasteiger partial charge is 0.261 e. The first-order valence-electron chi connectivity index (χ1n) is 6.17. The zero-order chi connectivity index (χ0) is 16.0. The first kappa shape index (κ1) is 17.3. The Labute approximate surface area is 129 Å². The van der Waals surface area contributed by atoms with E-state index in [-0.39, 0.29) is 29.9 Å². The predicted octanol–water partition coefficient (Wildman–Crippen LogP) is 1.87. The predicted molar refractivity (Wildman–Crippen MR) is 80.9 cm³/mol. The second-order valence-corrected chi connectivity index (χ2v) is 7.13. The molecule has 7 heteroatoms. The number of ether oxygens (including phenoxy) is 1. The van der Waals surface area contributed by atoms with E-state index in [0.29, 0.717) is 11.3 Å². The number of carbonyl (C=O) groups is 1. The van der Waals surface area contributed by atoms with Crippen LogP contribution in [-0.4, -0.2) is 27.5 Å². The second-order valence-electron chi connectivity index (χ2n) is 4.56. The van der Waals surface area contributed by atoms with Crippen LogP contribution in [-0.2, 0) is 13.8 Å². The van der Waals surface area contributed by atoms with Crippen LogP contribution in [0.2, 0.25) is 0 Å². The van der Waals surface area contributed by atoms with Crippen LogP contribution >= 0.6 is 10.7 Å². The third-order valence-corrected chi connectivity index (χ3v) is 3.98. The highest BCUT2D eigenvalue weighted by Crippen LogP contribution is 2.30. The molecule has 0 saturated carbocycles. The number of nitrogens with one attached hydrogen (secondary N) is 1. The molecule has 0 unspecified atom stereocenters. The number of rotatable bonds is 6. The number of benzene rings is 1. The van der Waals surface area contributed by atoms with E-state index in [9.17, 15) is 13.2 Å². The number of terminal acetylenes is 1. The zero-order valence-electron chi connectivity index (χ0n) is 11.7. The average molecular weight is 330 g/mol. The molecule has 114 valence electrons. The van der Waals surface area contributed by atoms with Crippen LogP contribution in [0, 0.1) is 12.3 Å². The maximum atomic E-state index is 11.4. The van der Waals surface area contributed by atoms with Gasteiger partial charge >= 0.3 is 0 Å². The Kier molecular flexibility index (Phi) is 6.06. The van der Waals surface area contributed by atoms with Crippen molar-refractivity contribution in [1.29, 1.82) is 0 Å². The van der Waals surface area contributed by atoms with Crippen LogP contribution in [0.3, 0.4) is 0 Å². The molecule has 21 heavy (non-hydrogen) atoms. The molecular formula is C14H16ClNO4S. The van der Waals surface area contributed by atoms with Crippen LogP contribution in [0.15, 0.2) is 23.1 Å². The highest BCUT2D eigenvalue weighted by Gasteiger charge is 2.16. The summed E-state index contributed by atoms with van der Waals surface area (Å²) in [5, 5.41) is 2.47. The number of hydrogen-bond acceptors (Lipinski definition) is 4. The lowest BCUT2D eigenvalue weighted by molar-refractivity contribution is -0.122. The van der Waals surface area contributed by atoms with Gasteiger partial charge < -0.3 is 10.1 Å². The van der Waals surface area contributed by atoms with Crippen molar-refractivity contribution in [2.24, 2.45) is 0 Å². The molecule has 0 heterocycles. The minimum Gasteiger partial charge on any atom is -0.483 e. The van der Waals surface area contributed by atoms with Crippen molar-refractivity contribution in [3.8, 4) is 18.1 Å². The summed E-state index contributed by atoms with van der Waals surface area (Å²) in [4.78, 5) is 11.4. The summed E-state index contributed by atoms with van der Waals surface area (Å²) in [7, 11) is 1.52. The van der Waals surface area contributed by atoms with Gasteiger partial charge in [-0.25, -0.2) is 8.42 Å². The Morgan fingerprint density at radius 2 is 2.14 bits per heavy atom. The number of amides is 1. The molecule has 0 aliphatic carbocycles. The Morgan fingerprint density at radius 3 is 2.67 bits per heavy atom. The highest BCUT2D eigenvalue weighted by molar-refractivity contribution is 8.13. The van der Waals surface area contributed by atoms with Crippen molar-refractivity contribution >= 4 is 25.6 Å². The summed E-state index contributed by atoms with van der Waals surface area (Å²) in [5.41, 5.74) is 0.654. The van der Waals surface area contributed by atoms with Gasteiger partial charge in [-0.3, -0.25) is 4.79 Å². The first-order chi connectivity index (χ1) is 9.75. The molecule has 1 N–H and O–H groups in total. The van der Waals surface area contributed by atoms with Crippen molar-refractivity contribution in [3.05, 3.63) is 23.8 Å². The van der Waals surface area contributed by atoms with Crippen molar-refractivity contribution in [2.75, 3.05) is 13.2 Å². The molecule has 0 aliphatic heterocycles. The van der Waals surface area contributed by atoms with Gasteiger partial charge in [0.05, 0.1) is 11.4 Å². The summed E-state index contributed by atoms with van der Waals surface area (Å²) in [5.74, 6) is 2.37. The molecule has 0 fully saturated rings. The van der Waals surface area contributed by atoms with Gasteiger partial charge in [-0.15, -0.1) is 6.42 Å². The molecule has 0 spiro atoms. The molecule has 0 bridgehead atoms. The van der Waals surface area contributed by atoms with E-state index < -0.39 is 9.05 Å². The standard InChI is InChI=1S/C14H16ClNO4S/c1-4-7-16-14(17)9-20-13-6-5-11(21(15,18)19)8-12(13)10(2)3/h1,5-6,8,10H,7,9H2,2-3H3,(H,16,17). The number of carbonyl (C=O) groups excluding carboxylic acids is 1. The summed E-state index contributed by atoms with van der Waals surface area (Å²) in [6.07, 6.45) is 5.03. The second kappa shape index (κ2) is 7.34. The summed E-state index contributed by atoms with van der Waals surface area (Å²) in [6, 6.07) is 4.27. The van der Waals surface area contributed by atoms with Gasteiger partial charge in [0.2, 0.25) is 0 Å². The zero-order valence-corrected chi connectivity index (χ0v) is 13.3. The van der Waals surface area contributed by atoms with Crippen LogP contribution in [0.4, 0.5) is 0 Å². The fraction of sp³-hybridized carbons (Fsp3) is 0.357. The van der Waals surface area contributed by atoms with Crippen LogP contribution in [0.25, 0.3) is 0 Å². The van der Waals surface area contributed by atoms with Gasteiger partial charge in [-0.05, 0) is 29.7 Å². The van der Waals surface area contributed by atoms with Gasteiger partial charge in [0.25, 0.3) is 15.0 Å². The largest absolute Gasteiger partial charge is 0.483 e. The Hall–Kier alpha value is -1.71. The molecule has 1 rings (SSSR count). The minimum absolute atomic E-state index is 0.00278. The molecule has 0 atom stereocenters. The summed E-state index contributed by atoms with van der Waals surface area (Å²) >= 11 is 0. The van der Waals surface area contributed by atoms with Gasteiger partial charge in [-0.1, -0.05) is 19.8 Å². The molecule has 1 amide bonds. The topological polar surface area (TPSA) is 72.5 Å². The van der Waals surface area contributed by atoms with Gasteiger partial charge in [0, 0.05) is 10.7 Å². The summed E-state index contributed by atoms with van der Waals surface area (Å²) in [6.45, 7) is 3.69. The Bertz CT molecular complexity index is 662. The van der Waals surface area contributed by atoms with Gasteiger partial charge in [0.1, 0.15) is 5.75 Å². The fourth-order valence-corrected chi connectivity index (χ4v) is 2.39. The van der Waals surface area contributed by atoms with Crippen LogP contribution < -0.4 is 10.1 Å². The van der Waals surface area contributed by atoms with E-state index in [2.05, 4.69) is 11.2 Å². The molecule has 0 saturated heterocycles. The third-order valence-electron chi connectivity index (χ3n) is 2.63. The van der Waals surface area contributed by atoms with E-state index in [4.69, 9.17) is 21.8 Å². The Balaban J connectivity index is 2.93. The number of hydrogen-bond donors (Lipinski definition) is 1. The highest BCUT2D eigenvalue weighted by atomic mass is 35.7. The van der Waals surface area contributed by atoms with Crippen molar-refractivity contribution < 1.29 is 17.9 Å². The Morgan fingerprint density at radius 1 is 1.48 bits per heavy atom. The van der Waals surface area contributed by atoms with E-state index >= 15 is 0 Å².